The van der Waals surface area contributed by atoms with E-state index in [2.05, 4.69) is 36.1 Å². The van der Waals surface area contributed by atoms with Gasteiger partial charge in [0.05, 0.1) is 11.0 Å². The van der Waals surface area contributed by atoms with Gasteiger partial charge in [0.15, 0.2) is 0 Å². The Bertz CT molecular complexity index is 582. The summed E-state index contributed by atoms with van der Waals surface area (Å²) in [5, 5.41) is 20.9. The van der Waals surface area contributed by atoms with Crippen LogP contribution in [0, 0.1) is 0 Å². The van der Waals surface area contributed by atoms with E-state index in [9.17, 15) is 10.2 Å². The second kappa shape index (κ2) is 8.11. The lowest BCUT2D eigenvalue weighted by atomic mass is 9.74. The number of hydrogen-bond acceptors (Lipinski definition) is 3. The molecule has 0 radical (unpaired) electrons. The Kier molecular flexibility index (Phi) is 6.08. The van der Waals surface area contributed by atoms with Crippen LogP contribution in [0.2, 0.25) is 0 Å². The molecule has 2 aliphatic rings. The molecule has 1 aliphatic heterocycles. The number of hydrogen-bond donors (Lipinski definition) is 2. The minimum atomic E-state index is -0.928. The van der Waals surface area contributed by atoms with E-state index in [1.54, 1.807) is 0 Å². The molecule has 1 saturated heterocycles. The third kappa shape index (κ3) is 4.05. The molecule has 1 saturated carbocycles. The summed E-state index contributed by atoms with van der Waals surface area (Å²) in [6.45, 7) is 3.15. The van der Waals surface area contributed by atoms with Gasteiger partial charge >= 0.3 is 0 Å². The predicted octanol–water partition coefficient (Wildman–Crippen LogP) is 4.57. The molecule has 0 aromatic heterocycles. The van der Waals surface area contributed by atoms with Crippen molar-refractivity contribution in [3.63, 3.8) is 0 Å². The maximum atomic E-state index is 10.4. The van der Waals surface area contributed by atoms with Crippen molar-refractivity contribution in [2.45, 2.75) is 75.0 Å². The summed E-state index contributed by atoms with van der Waals surface area (Å²) < 4.78 is 0. The molecule has 2 N–H and O–H groups in total. The van der Waals surface area contributed by atoms with Crippen LogP contribution in [0.15, 0.2) is 36.4 Å². The van der Waals surface area contributed by atoms with Crippen LogP contribution < -0.4 is 4.90 Å². The lowest BCUT2D eigenvalue weighted by Gasteiger charge is -2.40. The second-order valence-electron chi connectivity index (χ2n) is 7.51. The number of rotatable bonds is 7. The molecule has 0 bridgehead atoms. The first-order chi connectivity index (χ1) is 12.0. The molecule has 1 heterocycles. The Labute approximate surface area is 156 Å². The number of aliphatic hydroxyl groups excluding tert-OH is 1. The number of halogens is 1. The van der Waals surface area contributed by atoms with Crippen LogP contribution in [0.4, 0.5) is 5.69 Å². The standard InChI is InChI=1S/C21H30ClNO2/c1-2-3-4-5-7-19-18(22)12-15-23(19)17-10-8-16(9-11-17)20(24)21(25)13-6-14-21/h4-5,8-11,18-20,24-25H,2-3,6-7,12-15H2,1H3/b5-4-. The number of alkyl halides is 1. The molecule has 3 nitrogen and oxygen atoms in total. The van der Waals surface area contributed by atoms with Crippen molar-refractivity contribution in [1.29, 1.82) is 0 Å². The topological polar surface area (TPSA) is 43.7 Å². The molecule has 1 aromatic rings. The number of aliphatic hydroxyl groups is 2. The van der Waals surface area contributed by atoms with Crippen molar-refractivity contribution in [2.75, 3.05) is 11.4 Å². The third-order valence-corrected chi connectivity index (χ3v) is 6.24. The summed E-state index contributed by atoms with van der Waals surface area (Å²) in [6, 6.07) is 8.32. The molecular weight excluding hydrogens is 334 g/mol. The van der Waals surface area contributed by atoms with Crippen molar-refractivity contribution < 1.29 is 10.2 Å². The van der Waals surface area contributed by atoms with Gasteiger partial charge in [0.25, 0.3) is 0 Å². The maximum absolute atomic E-state index is 10.4. The Hall–Kier alpha value is -1.03. The predicted molar refractivity (Wildman–Crippen MR) is 104 cm³/mol. The number of unbranched alkanes of at least 4 members (excludes halogenated alkanes) is 1. The normalized spacial score (nSPS) is 26.8. The molecule has 3 atom stereocenters. The highest BCUT2D eigenvalue weighted by Crippen LogP contribution is 2.42. The Morgan fingerprint density at radius 3 is 2.60 bits per heavy atom. The lowest BCUT2D eigenvalue weighted by Crippen LogP contribution is -2.43. The molecule has 2 fully saturated rings. The lowest BCUT2D eigenvalue weighted by molar-refractivity contribution is -0.127. The molecule has 1 aliphatic carbocycles. The van der Waals surface area contributed by atoms with Crippen molar-refractivity contribution in [2.24, 2.45) is 0 Å². The van der Waals surface area contributed by atoms with Crippen LogP contribution in [-0.4, -0.2) is 33.8 Å². The monoisotopic (exact) mass is 363 g/mol. The fourth-order valence-corrected chi connectivity index (χ4v) is 4.24. The first-order valence-electron chi connectivity index (χ1n) is 9.61. The van der Waals surface area contributed by atoms with Crippen LogP contribution in [-0.2, 0) is 0 Å². The largest absolute Gasteiger partial charge is 0.387 e. The zero-order valence-electron chi connectivity index (χ0n) is 15.1. The van der Waals surface area contributed by atoms with Crippen LogP contribution in [0.25, 0.3) is 0 Å². The molecule has 0 amide bonds. The van der Waals surface area contributed by atoms with Crippen molar-refractivity contribution in [1.82, 2.24) is 0 Å². The second-order valence-corrected chi connectivity index (χ2v) is 8.07. The number of benzene rings is 1. The highest BCUT2D eigenvalue weighted by atomic mass is 35.5. The molecule has 3 rings (SSSR count). The van der Waals surface area contributed by atoms with Crippen LogP contribution in [0.5, 0.6) is 0 Å². The summed E-state index contributed by atoms with van der Waals surface area (Å²) in [6.07, 6.45) is 10.3. The van der Waals surface area contributed by atoms with E-state index < -0.39 is 11.7 Å². The smallest absolute Gasteiger partial charge is 0.108 e. The zero-order chi connectivity index (χ0) is 17.9. The molecule has 0 spiro atoms. The third-order valence-electron chi connectivity index (χ3n) is 5.73. The van der Waals surface area contributed by atoms with Gasteiger partial charge in [0, 0.05) is 18.3 Å². The van der Waals surface area contributed by atoms with E-state index in [0.29, 0.717) is 18.9 Å². The zero-order valence-corrected chi connectivity index (χ0v) is 15.8. The molecule has 1 aromatic carbocycles. The van der Waals surface area contributed by atoms with Crippen LogP contribution in [0.1, 0.15) is 63.5 Å². The fourth-order valence-electron chi connectivity index (χ4n) is 3.90. The van der Waals surface area contributed by atoms with Crippen LogP contribution >= 0.6 is 11.6 Å². The van der Waals surface area contributed by atoms with Crippen LogP contribution in [0.3, 0.4) is 0 Å². The maximum Gasteiger partial charge on any atom is 0.108 e. The molecule has 4 heteroatoms. The van der Waals surface area contributed by atoms with Gasteiger partial charge < -0.3 is 15.1 Å². The molecule has 3 unspecified atom stereocenters. The van der Waals surface area contributed by atoms with Gasteiger partial charge in [0.1, 0.15) is 6.10 Å². The number of nitrogens with zero attached hydrogens (tertiary/aromatic N) is 1. The first kappa shape index (κ1) is 18.8. The van der Waals surface area contributed by atoms with Gasteiger partial charge in [-0.2, -0.15) is 0 Å². The highest BCUT2D eigenvalue weighted by molar-refractivity contribution is 6.21. The quantitative estimate of drug-likeness (QED) is 0.551. The van der Waals surface area contributed by atoms with Crippen molar-refractivity contribution in [3.05, 3.63) is 42.0 Å². The highest BCUT2D eigenvalue weighted by Gasteiger charge is 2.42. The summed E-state index contributed by atoms with van der Waals surface area (Å²) in [4.78, 5) is 2.38. The van der Waals surface area contributed by atoms with Gasteiger partial charge in [0.2, 0.25) is 0 Å². The SMILES string of the molecule is CCC/C=C\CC1C(Cl)CCN1c1ccc(C(O)C2(O)CCC2)cc1. The van der Waals surface area contributed by atoms with E-state index in [-0.39, 0.29) is 5.38 Å². The van der Waals surface area contributed by atoms with Crippen molar-refractivity contribution >= 4 is 17.3 Å². The summed E-state index contributed by atoms with van der Waals surface area (Å²) in [7, 11) is 0. The molecular formula is C21H30ClNO2. The minimum Gasteiger partial charge on any atom is -0.387 e. The van der Waals surface area contributed by atoms with E-state index in [1.807, 2.05) is 12.1 Å². The summed E-state index contributed by atoms with van der Waals surface area (Å²) >= 11 is 6.56. The van der Waals surface area contributed by atoms with Gasteiger partial charge in [-0.3, -0.25) is 0 Å². The fraction of sp³-hybridized carbons (Fsp3) is 0.619. The van der Waals surface area contributed by atoms with E-state index >= 15 is 0 Å². The van der Waals surface area contributed by atoms with Gasteiger partial charge in [-0.05, 0) is 56.2 Å². The van der Waals surface area contributed by atoms with Crippen molar-refractivity contribution in [3.8, 4) is 0 Å². The Morgan fingerprint density at radius 1 is 1.28 bits per heavy atom. The average Bonchev–Trinajstić information content (AvgIpc) is 2.97. The van der Waals surface area contributed by atoms with E-state index in [0.717, 1.165) is 43.5 Å². The summed E-state index contributed by atoms with van der Waals surface area (Å²) in [5.41, 5.74) is 1.02. The number of anilines is 1. The molecule has 25 heavy (non-hydrogen) atoms. The average molecular weight is 364 g/mol. The summed E-state index contributed by atoms with van der Waals surface area (Å²) in [5.74, 6) is 0. The van der Waals surface area contributed by atoms with Gasteiger partial charge in [-0.25, -0.2) is 0 Å². The van der Waals surface area contributed by atoms with Gasteiger partial charge in [-0.1, -0.05) is 37.6 Å². The molecule has 138 valence electrons. The van der Waals surface area contributed by atoms with E-state index in [1.165, 1.54) is 6.42 Å². The first-order valence-corrected chi connectivity index (χ1v) is 10.0. The number of allylic oxidation sites excluding steroid dienone is 1. The minimum absolute atomic E-state index is 0.173. The Balaban J connectivity index is 1.68. The van der Waals surface area contributed by atoms with E-state index in [4.69, 9.17) is 11.6 Å². The van der Waals surface area contributed by atoms with Gasteiger partial charge in [-0.15, -0.1) is 11.6 Å². The Morgan fingerprint density at radius 2 is 2.00 bits per heavy atom.